The van der Waals surface area contributed by atoms with E-state index in [2.05, 4.69) is 53.2 Å². The van der Waals surface area contributed by atoms with Gasteiger partial charge in [-0.3, -0.25) is 4.68 Å². The summed E-state index contributed by atoms with van der Waals surface area (Å²) in [7, 11) is 2.01. The minimum absolute atomic E-state index is 0.167. The predicted molar refractivity (Wildman–Crippen MR) is 71.9 cm³/mol. The van der Waals surface area contributed by atoms with Crippen LogP contribution in [0.1, 0.15) is 38.6 Å². The van der Waals surface area contributed by atoms with E-state index in [4.69, 9.17) is 0 Å². The van der Waals surface area contributed by atoms with Crippen molar-refractivity contribution in [3.63, 3.8) is 0 Å². The second-order valence-electron chi connectivity index (χ2n) is 4.78. The van der Waals surface area contributed by atoms with Gasteiger partial charge in [0.05, 0.1) is 11.4 Å². The van der Waals surface area contributed by atoms with Gasteiger partial charge in [0.15, 0.2) is 0 Å². The number of nitrogens with one attached hydrogen (secondary N) is 1. The number of alkyl halides is 1. The van der Waals surface area contributed by atoms with E-state index in [1.807, 2.05) is 11.7 Å². The van der Waals surface area contributed by atoms with Crippen LogP contribution >= 0.6 is 15.9 Å². The first-order valence-electron chi connectivity index (χ1n) is 5.81. The Hall–Kier alpha value is -0.350. The number of aromatic nitrogens is 2. The predicted octanol–water partition coefficient (Wildman–Crippen LogP) is 2.64. The summed E-state index contributed by atoms with van der Waals surface area (Å²) in [5.74, 6) is 0. The first-order chi connectivity index (χ1) is 7.48. The van der Waals surface area contributed by atoms with Gasteiger partial charge in [-0.25, -0.2) is 0 Å². The van der Waals surface area contributed by atoms with Gasteiger partial charge < -0.3 is 5.32 Å². The molecular weight excluding hydrogens is 266 g/mol. The highest BCUT2D eigenvalue weighted by Gasteiger charge is 2.16. The molecule has 1 N–H and O–H groups in total. The zero-order valence-electron chi connectivity index (χ0n) is 10.7. The Bertz CT molecular complexity index is 331. The normalized spacial score (nSPS) is 12.1. The van der Waals surface area contributed by atoms with E-state index in [0.29, 0.717) is 0 Å². The van der Waals surface area contributed by atoms with Gasteiger partial charge in [0.2, 0.25) is 0 Å². The summed E-state index contributed by atoms with van der Waals surface area (Å²) in [4.78, 5) is 0. The molecule has 0 saturated carbocycles. The smallest absolute Gasteiger partial charge is 0.0625 e. The van der Waals surface area contributed by atoms with Gasteiger partial charge in [0.1, 0.15) is 0 Å². The summed E-state index contributed by atoms with van der Waals surface area (Å²) in [6.45, 7) is 7.47. The summed E-state index contributed by atoms with van der Waals surface area (Å²) in [5.41, 5.74) is 2.58. The van der Waals surface area contributed by atoms with E-state index in [9.17, 15) is 0 Å². The lowest BCUT2D eigenvalue weighted by molar-refractivity contribution is 0.372. The average molecular weight is 288 g/mol. The highest BCUT2D eigenvalue weighted by molar-refractivity contribution is 9.09. The maximum absolute atomic E-state index is 4.44. The fraction of sp³-hybridized carbons (Fsp3) is 0.750. The van der Waals surface area contributed by atoms with E-state index < -0.39 is 0 Å². The van der Waals surface area contributed by atoms with Gasteiger partial charge in [-0.05, 0) is 32.8 Å². The maximum atomic E-state index is 4.44. The van der Waals surface area contributed by atoms with Gasteiger partial charge >= 0.3 is 0 Å². The Morgan fingerprint density at radius 1 is 1.50 bits per heavy atom. The molecule has 0 radical (unpaired) electrons. The van der Waals surface area contributed by atoms with Crippen LogP contribution in [0.15, 0.2) is 6.07 Å². The number of nitrogens with zero attached hydrogens (tertiary/aromatic N) is 2. The molecule has 1 rings (SSSR count). The van der Waals surface area contributed by atoms with Gasteiger partial charge in [0.25, 0.3) is 0 Å². The number of hydrogen-bond donors (Lipinski definition) is 1. The van der Waals surface area contributed by atoms with Crippen molar-refractivity contribution in [1.29, 1.82) is 0 Å². The molecule has 0 unspecified atom stereocenters. The molecule has 0 aromatic carbocycles. The number of halogens is 1. The SMILES string of the molecule is CCc1cc(CNC(C)(C)CCBr)n(C)n1. The molecule has 16 heavy (non-hydrogen) atoms. The van der Waals surface area contributed by atoms with Crippen molar-refractivity contribution in [1.82, 2.24) is 15.1 Å². The lowest BCUT2D eigenvalue weighted by atomic mass is 10.0. The number of rotatable bonds is 6. The van der Waals surface area contributed by atoms with Crippen LogP contribution in [0.3, 0.4) is 0 Å². The molecule has 4 heteroatoms. The van der Waals surface area contributed by atoms with Gasteiger partial charge in [-0.15, -0.1) is 0 Å². The largest absolute Gasteiger partial charge is 0.306 e. The molecule has 0 aliphatic carbocycles. The average Bonchev–Trinajstić information content (AvgIpc) is 2.56. The van der Waals surface area contributed by atoms with Crippen LogP contribution in [0.5, 0.6) is 0 Å². The molecule has 0 spiro atoms. The summed E-state index contributed by atoms with van der Waals surface area (Å²) < 4.78 is 1.97. The van der Waals surface area contributed by atoms with Crippen LogP contribution in [-0.4, -0.2) is 20.6 Å². The summed E-state index contributed by atoms with van der Waals surface area (Å²) in [5, 5.41) is 9.03. The summed E-state index contributed by atoms with van der Waals surface area (Å²) in [6, 6.07) is 2.18. The second kappa shape index (κ2) is 5.82. The van der Waals surface area contributed by atoms with Gasteiger partial charge in [0, 0.05) is 24.5 Å². The van der Waals surface area contributed by atoms with E-state index in [1.165, 1.54) is 5.69 Å². The standard InChI is InChI=1S/C12H22BrN3/c1-5-10-8-11(16(4)15-10)9-14-12(2,3)6-7-13/h8,14H,5-7,9H2,1-4H3. The molecule has 0 aliphatic rings. The quantitative estimate of drug-likeness (QED) is 0.816. The molecule has 1 aromatic heterocycles. The lowest BCUT2D eigenvalue weighted by Gasteiger charge is -2.25. The lowest BCUT2D eigenvalue weighted by Crippen LogP contribution is -2.39. The van der Waals surface area contributed by atoms with E-state index in [1.54, 1.807) is 0 Å². The molecule has 1 aromatic rings. The Morgan fingerprint density at radius 2 is 2.19 bits per heavy atom. The van der Waals surface area contributed by atoms with Crippen molar-refractivity contribution < 1.29 is 0 Å². The molecule has 0 bridgehead atoms. The summed E-state index contributed by atoms with van der Waals surface area (Å²) >= 11 is 3.48. The van der Waals surface area contributed by atoms with Gasteiger partial charge in [-0.2, -0.15) is 5.10 Å². The number of aryl methyl sites for hydroxylation is 2. The second-order valence-corrected chi connectivity index (χ2v) is 5.57. The van der Waals surface area contributed by atoms with Crippen molar-refractivity contribution in [2.75, 3.05) is 5.33 Å². The van der Waals surface area contributed by atoms with Crippen molar-refractivity contribution in [2.24, 2.45) is 7.05 Å². The maximum Gasteiger partial charge on any atom is 0.0625 e. The summed E-state index contributed by atoms with van der Waals surface area (Å²) in [6.07, 6.45) is 2.12. The zero-order chi connectivity index (χ0) is 12.2. The molecule has 0 fully saturated rings. The highest BCUT2D eigenvalue weighted by atomic mass is 79.9. The third kappa shape index (κ3) is 3.91. The molecule has 3 nitrogen and oxygen atoms in total. The fourth-order valence-corrected chi connectivity index (χ4v) is 2.56. The van der Waals surface area contributed by atoms with E-state index in [0.717, 1.165) is 30.4 Å². The third-order valence-electron chi connectivity index (χ3n) is 2.86. The van der Waals surface area contributed by atoms with Gasteiger partial charge in [-0.1, -0.05) is 22.9 Å². The fourth-order valence-electron chi connectivity index (χ4n) is 1.56. The minimum Gasteiger partial charge on any atom is -0.306 e. The van der Waals surface area contributed by atoms with E-state index in [-0.39, 0.29) is 5.54 Å². The first kappa shape index (κ1) is 13.7. The van der Waals surface area contributed by atoms with Crippen LogP contribution in [0, 0.1) is 0 Å². The molecule has 0 atom stereocenters. The van der Waals surface area contributed by atoms with Crippen molar-refractivity contribution in [2.45, 2.75) is 45.7 Å². The Balaban J connectivity index is 2.56. The number of hydrogen-bond acceptors (Lipinski definition) is 2. The van der Waals surface area contributed by atoms with E-state index >= 15 is 0 Å². The molecule has 0 aliphatic heterocycles. The van der Waals surface area contributed by atoms with Crippen LogP contribution in [0.2, 0.25) is 0 Å². The molecule has 92 valence electrons. The van der Waals surface area contributed by atoms with Crippen molar-refractivity contribution in [3.8, 4) is 0 Å². The van der Waals surface area contributed by atoms with Crippen LogP contribution < -0.4 is 5.32 Å². The zero-order valence-corrected chi connectivity index (χ0v) is 12.3. The topological polar surface area (TPSA) is 29.9 Å². The van der Waals surface area contributed by atoms with Crippen LogP contribution in [-0.2, 0) is 20.0 Å². The Morgan fingerprint density at radius 3 is 2.69 bits per heavy atom. The van der Waals surface area contributed by atoms with Crippen LogP contribution in [0.4, 0.5) is 0 Å². The monoisotopic (exact) mass is 287 g/mol. The first-order valence-corrected chi connectivity index (χ1v) is 6.93. The highest BCUT2D eigenvalue weighted by Crippen LogP contribution is 2.12. The Kier molecular flexibility index (Phi) is 4.99. The molecular formula is C12H22BrN3. The molecule has 1 heterocycles. The van der Waals surface area contributed by atoms with Crippen molar-refractivity contribution in [3.05, 3.63) is 17.5 Å². The Labute approximate surface area is 107 Å². The van der Waals surface area contributed by atoms with Crippen molar-refractivity contribution >= 4 is 15.9 Å². The molecule has 0 saturated heterocycles. The van der Waals surface area contributed by atoms with Crippen LogP contribution in [0.25, 0.3) is 0 Å². The third-order valence-corrected chi connectivity index (χ3v) is 3.25. The minimum atomic E-state index is 0.167. The molecule has 0 amide bonds.